The van der Waals surface area contributed by atoms with Crippen LogP contribution in [0, 0.1) is 23.7 Å². The van der Waals surface area contributed by atoms with Crippen LogP contribution < -0.4 is 0 Å². The van der Waals surface area contributed by atoms with Crippen molar-refractivity contribution in [1.29, 1.82) is 0 Å². The molecule has 3 nitrogen and oxygen atoms in total. The molecule has 4 bridgehead atoms. The van der Waals surface area contributed by atoms with E-state index in [2.05, 4.69) is 22.7 Å². The normalized spacial score (nSPS) is 42.3. The molecule has 0 unspecified atom stereocenters. The Labute approximate surface area is 121 Å². The molecule has 1 N–H and O–H groups in total. The lowest BCUT2D eigenvalue weighted by Gasteiger charge is -2.59. The predicted octanol–water partition coefficient (Wildman–Crippen LogP) is 3.02. The van der Waals surface area contributed by atoms with Gasteiger partial charge in [-0.2, -0.15) is 0 Å². The van der Waals surface area contributed by atoms with Gasteiger partial charge in [0.15, 0.2) is 0 Å². The number of nitrogens with zero attached hydrogens (tertiary/aromatic N) is 2. The van der Waals surface area contributed by atoms with Crippen LogP contribution >= 0.6 is 0 Å². The molecule has 4 saturated carbocycles. The smallest absolute Gasteiger partial charge is 0.111 e. The summed E-state index contributed by atoms with van der Waals surface area (Å²) < 4.78 is 2.24. The summed E-state index contributed by atoms with van der Waals surface area (Å²) in [6, 6.07) is 0. The molecule has 4 aliphatic rings. The second kappa shape index (κ2) is 4.59. The van der Waals surface area contributed by atoms with Crippen LogP contribution in [-0.4, -0.2) is 20.3 Å². The fourth-order valence-electron chi connectivity index (χ4n) is 5.49. The molecule has 0 atom stereocenters. The van der Waals surface area contributed by atoms with Gasteiger partial charge in [0.05, 0.1) is 5.60 Å². The monoisotopic (exact) mass is 274 g/mol. The molecule has 0 aliphatic heterocycles. The number of aryl methyl sites for hydroxylation is 1. The lowest BCUT2D eigenvalue weighted by atomic mass is 9.49. The number of imidazole rings is 1. The average Bonchev–Trinajstić information content (AvgIpc) is 2.83. The summed E-state index contributed by atoms with van der Waals surface area (Å²) in [5.74, 6) is 3.99. The third kappa shape index (κ3) is 1.86. The minimum Gasteiger partial charge on any atom is -0.389 e. The fraction of sp³-hybridized carbons (Fsp3) is 0.824. The van der Waals surface area contributed by atoms with Gasteiger partial charge >= 0.3 is 0 Å². The van der Waals surface area contributed by atoms with Crippen molar-refractivity contribution in [2.24, 2.45) is 23.7 Å². The van der Waals surface area contributed by atoms with E-state index in [1.807, 2.05) is 6.20 Å². The highest BCUT2D eigenvalue weighted by Crippen LogP contribution is 2.58. The van der Waals surface area contributed by atoms with E-state index in [9.17, 15) is 5.11 Å². The first-order chi connectivity index (χ1) is 9.69. The SMILES string of the molecule is CCCn1ccnc1CC1(O)C2CC3CC(C2)CC1C3. The summed E-state index contributed by atoms with van der Waals surface area (Å²) in [5, 5.41) is 11.4. The Morgan fingerprint density at radius 2 is 1.85 bits per heavy atom. The molecule has 0 spiro atoms. The van der Waals surface area contributed by atoms with Crippen LogP contribution in [-0.2, 0) is 13.0 Å². The van der Waals surface area contributed by atoms with E-state index in [4.69, 9.17) is 0 Å². The van der Waals surface area contributed by atoms with Gasteiger partial charge in [-0.1, -0.05) is 6.92 Å². The molecule has 110 valence electrons. The van der Waals surface area contributed by atoms with Crippen molar-refractivity contribution in [3.8, 4) is 0 Å². The Hall–Kier alpha value is -0.830. The van der Waals surface area contributed by atoms with Gasteiger partial charge in [0.1, 0.15) is 5.82 Å². The van der Waals surface area contributed by atoms with Crippen molar-refractivity contribution in [2.45, 2.75) is 64.0 Å². The number of hydrogen-bond acceptors (Lipinski definition) is 2. The van der Waals surface area contributed by atoms with Gasteiger partial charge < -0.3 is 9.67 Å². The largest absolute Gasteiger partial charge is 0.389 e. The molecular formula is C17H26N2O. The quantitative estimate of drug-likeness (QED) is 0.916. The lowest BCUT2D eigenvalue weighted by Crippen LogP contribution is -2.58. The molecule has 4 aliphatic carbocycles. The van der Waals surface area contributed by atoms with E-state index in [1.54, 1.807) is 0 Å². The third-order valence-electron chi connectivity index (χ3n) is 6.26. The van der Waals surface area contributed by atoms with Gasteiger partial charge in [-0.15, -0.1) is 0 Å². The minimum atomic E-state index is -0.468. The zero-order valence-corrected chi connectivity index (χ0v) is 12.5. The Kier molecular flexibility index (Phi) is 2.95. The van der Waals surface area contributed by atoms with Gasteiger partial charge in [-0.05, 0) is 62.2 Å². The van der Waals surface area contributed by atoms with Crippen molar-refractivity contribution in [2.75, 3.05) is 0 Å². The highest BCUT2D eigenvalue weighted by molar-refractivity contribution is 5.11. The van der Waals surface area contributed by atoms with E-state index in [1.165, 1.54) is 32.1 Å². The molecule has 20 heavy (non-hydrogen) atoms. The molecule has 0 saturated heterocycles. The molecule has 1 aromatic heterocycles. The van der Waals surface area contributed by atoms with Crippen molar-refractivity contribution < 1.29 is 5.11 Å². The average molecular weight is 274 g/mol. The summed E-state index contributed by atoms with van der Waals surface area (Å²) in [7, 11) is 0. The van der Waals surface area contributed by atoms with E-state index in [-0.39, 0.29) is 0 Å². The van der Waals surface area contributed by atoms with E-state index in [0.29, 0.717) is 11.8 Å². The van der Waals surface area contributed by atoms with Gasteiger partial charge in [0, 0.05) is 25.4 Å². The molecule has 5 rings (SSSR count). The lowest BCUT2D eigenvalue weighted by molar-refractivity contribution is -0.172. The maximum absolute atomic E-state index is 11.4. The van der Waals surface area contributed by atoms with E-state index < -0.39 is 5.60 Å². The molecule has 3 heteroatoms. The number of hydrogen-bond donors (Lipinski definition) is 1. The first-order valence-electron chi connectivity index (χ1n) is 8.41. The number of aliphatic hydroxyl groups is 1. The van der Waals surface area contributed by atoms with Crippen molar-refractivity contribution in [1.82, 2.24) is 9.55 Å². The van der Waals surface area contributed by atoms with E-state index in [0.717, 1.165) is 37.0 Å². The maximum atomic E-state index is 11.4. The maximum Gasteiger partial charge on any atom is 0.111 e. The first-order valence-corrected chi connectivity index (χ1v) is 8.41. The van der Waals surface area contributed by atoms with Crippen LogP contribution in [0.1, 0.15) is 51.3 Å². The summed E-state index contributed by atoms with van der Waals surface area (Å²) in [6.45, 7) is 3.22. The Morgan fingerprint density at radius 1 is 1.20 bits per heavy atom. The Morgan fingerprint density at radius 3 is 2.45 bits per heavy atom. The van der Waals surface area contributed by atoms with E-state index >= 15 is 0 Å². The highest BCUT2D eigenvalue weighted by Gasteiger charge is 2.56. The zero-order chi connectivity index (χ0) is 13.7. The topological polar surface area (TPSA) is 38.0 Å². The molecule has 4 fully saturated rings. The summed E-state index contributed by atoms with van der Waals surface area (Å²) >= 11 is 0. The Balaban J connectivity index is 1.59. The summed E-state index contributed by atoms with van der Waals surface area (Å²) in [6.07, 6.45) is 12.3. The van der Waals surface area contributed by atoms with Gasteiger partial charge in [0.2, 0.25) is 0 Å². The van der Waals surface area contributed by atoms with Crippen LogP contribution in [0.4, 0.5) is 0 Å². The fourth-order valence-corrected chi connectivity index (χ4v) is 5.49. The highest BCUT2D eigenvalue weighted by atomic mass is 16.3. The van der Waals surface area contributed by atoms with Crippen molar-refractivity contribution >= 4 is 0 Å². The van der Waals surface area contributed by atoms with Crippen LogP contribution in [0.25, 0.3) is 0 Å². The Bertz CT molecular complexity index is 465. The number of aromatic nitrogens is 2. The second-order valence-corrected chi connectivity index (χ2v) is 7.51. The van der Waals surface area contributed by atoms with Gasteiger partial charge in [-0.25, -0.2) is 4.98 Å². The minimum absolute atomic E-state index is 0.468. The molecule has 0 aromatic carbocycles. The standard InChI is InChI=1S/C17H26N2O/c1-2-4-19-5-3-18-16(19)11-17(20)14-7-12-6-13(9-14)10-15(17)8-12/h3,5,12-15,20H,2,4,6-11H2,1H3. The van der Waals surface area contributed by atoms with Gasteiger partial charge in [0.25, 0.3) is 0 Å². The van der Waals surface area contributed by atoms with Crippen LogP contribution in [0.2, 0.25) is 0 Å². The summed E-state index contributed by atoms with van der Waals surface area (Å²) in [4.78, 5) is 4.53. The van der Waals surface area contributed by atoms with Crippen LogP contribution in [0.3, 0.4) is 0 Å². The molecule has 1 heterocycles. The third-order valence-corrected chi connectivity index (χ3v) is 6.26. The number of rotatable bonds is 4. The molecule has 0 radical (unpaired) electrons. The summed E-state index contributed by atoms with van der Waals surface area (Å²) in [5.41, 5.74) is -0.468. The molecule has 1 aromatic rings. The van der Waals surface area contributed by atoms with Gasteiger partial charge in [-0.3, -0.25) is 0 Å². The molecule has 0 amide bonds. The predicted molar refractivity (Wildman–Crippen MR) is 78.2 cm³/mol. The first kappa shape index (κ1) is 12.9. The van der Waals surface area contributed by atoms with Crippen molar-refractivity contribution in [3.63, 3.8) is 0 Å². The second-order valence-electron chi connectivity index (χ2n) is 7.51. The van der Waals surface area contributed by atoms with Crippen LogP contribution in [0.15, 0.2) is 12.4 Å². The van der Waals surface area contributed by atoms with Crippen molar-refractivity contribution in [3.05, 3.63) is 18.2 Å². The van der Waals surface area contributed by atoms with Crippen LogP contribution in [0.5, 0.6) is 0 Å². The molecular weight excluding hydrogens is 248 g/mol. The zero-order valence-electron chi connectivity index (χ0n) is 12.5.